The van der Waals surface area contributed by atoms with E-state index in [1.54, 1.807) is 24.1 Å². The number of aromatic nitrogens is 1. The van der Waals surface area contributed by atoms with Gasteiger partial charge in [-0.2, -0.15) is 0 Å². The van der Waals surface area contributed by atoms with Crippen LogP contribution < -0.4 is 0 Å². The van der Waals surface area contributed by atoms with E-state index in [-0.39, 0.29) is 5.91 Å². The molecule has 0 radical (unpaired) electrons. The third kappa shape index (κ3) is 4.39. The second kappa shape index (κ2) is 8.35. The van der Waals surface area contributed by atoms with Gasteiger partial charge in [0.05, 0.1) is 19.4 Å². The molecule has 0 saturated carbocycles. The number of nitrogens with zero attached hydrogens (tertiary/aromatic N) is 2. The maximum absolute atomic E-state index is 12.7. The lowest BCUT2D eigenvalue weighted by atomic mass is 10.2. The highest BCUT2D eigenvalue weighted by Crippen LogP contribution is 2.13. The van der Waals surface area contributed by atoms with E-state index >= 15 is 0 Å². The van der Waals surface area contributed by atoms with Crippen molar-refractivity contribution in [3.05, 3.63) is 84.1 Å². The van der Waals surface area contributed by atoms with E-state index in [4.69, 9.17) is 9.15 Å². The van der Waals surface area contributed by atoms with Crippen molar-refractivity contribution in [2.45, 2.75) is 13.1 Å². The lowest BCUT2D eigenvalue weighted by Crippen LogP contribution is -2.34. The Hall–Kier alpha value is -2.79. The maximum atomic E-state index is 12.7. The van der Waals surface area contributed by atoms with E-state index in [2.05, 4.69) is 16.7 Å². The molecule has 1 amide bonds. The van der Waals surface area contributed by atoms with Crippen molar-refractivity contribution in [1.29, 1.82) is 0 Å². The molecule has 5 heteroatoms. The van der Waals surface area contributed by atoms with Crippen LogP contribution >= 0.6 is 0 Å². The van der Waals surface area contributed by atoms with Crippen LogP contribution in [0.2, 0.25) is 0 Å². The Labute approximate surface area is 147 Å². The molecule has 0 saturated heterocycles. The molecule has 25 heavy (non-hydrogen) atoms. The van der Waals surface area contributed by atoms with Crippen LogP contribution in [0, 0.1) is 0 Å². The predicted octanol–water partition coefficient (Wildman–Crippen LogP) is 3.42. The summed E-state index contributed by atoms with van der Waals surface area (Å²) < 4.78 is 12.6. The first-order valence-corrected chi connectivity index (χ1v) is 8.27. The van der Waals surface area contributed by atoms with Gasteiger partial charge in [0.2, 0.25) is 0 Å². The van der Waals surface area contributed by atoms with Crippen molar-refractivity contribution in [2.75, 3.05) is 20.3 Å². The van der Waals surface area contributed by atoms with Gasteiger partial charge in [0, 0.05) is 32.1 Å². The number of methoxy groups -OCH3 is 1. The zero-order valence-corrected chi connectivity index (χ0v) is 14.3. The van der Waals surface area contributed by atoms with Gasteiger partial charge in [0.15, 0.2) is 5.76 Å². The van der Waals surface area contributed by atoms with Crippen molar-refractivity contribution in [1.82, 2.24) is 9.47 Å². The van der Waals surface area contributed by atoms with Crippen molar-refractivity contribution in [2.24, 2.45) is 0 Å². The summed E-state index contributed by atoms with van der Waals surface area (Å²) in [5.41, 5.74) is 2.29. The summed E-state index contributed by atoms with van der Waals surface area (Å²) in [7, 11) is 1.63. The van der Waals surface area contributed by atoms with E-state index in [1.807, 2.05) is 36.5 Å². The minimum atomic E-state index is -0.130. The van der Waals surface area contributed by atoms with Gasteiger partial charge in [-0.1, -0.05) is 30.3 Å². The number of carbonyl (C=O) groups excluding carboxylic acids is 1. The van der Waals surface area contributed by atoms with Crippen molar-refractivity contribution in [3.8, 4) is 0 Å². The molecule has 3 aromatic rings. The molecule has 0 aliphatic heterocycles. The van der Waals surface area contributed by atoms with Crippen molar-refractivity contribution >= 4 is 5.91 Å². The van der Waals surface area contributed by atoms with Crippen LogP contribution in [-0.4, -0.2) is 35.6 Å². The number of ether oxygens (including phenoxy) is 1. The molecule has 3 rings (SSSR count). The van der Waals surface area contributed by atoms with E-state index in [0.717, 1.165) is 12.2 Å². The third-order valence-electron chi connectivity index (χ3n) is 4.06. The Bertz CT molecular complexity index is 778. The van der Waals surface area contributed by atoms with Crippen LogP contribution in [-0.2, 0) is 17.8 Å². The van der Waals surface area contributed by atoms with Crippen LogP contribution in [0.15, 0.2) is 71.5 Å². The summed E-state index contributed by atoms with van der Waals surface area (Å²) in [5, 5.41) is 0. The normalized spacial score (nSPS) is 10.8. The average Bonchev–Trinajstić information content (AvgIpc) is 3.31. The van der Waals surface area contributed by atoms with Crippen LogP contribution in [0.3, 0.4) is 0 Å². The van der Waals surface area contributed by atoms with Gasteiger partial charge >= 0.3 is 0 Å². The quantitative estimate of drug-likeness (QED) is 0.632. The fraction of sp³-hybridized carbons (Fsp3) is 0.250. The Morgan fingerprint density at radius 3 is 2.68 bits per heavy atom. The highest BCUT2D eigenvalue weighted by Gasteiger charge is 2.19. The maximum Gasteiger partial charge on any atom is 0.289 e. The molecule has 2 aromatic heterocycles. The molecule has 0 unspecified atom stereocenters. The molecule has 0 aliphatic carbocycles. The Kier molecular flexibility index (Phi) is 5.69. The summed E-state index contributed by atoms with van der Waals surface area (Å²) >= 11 is 0. The SMILES string of the molecule is COCCN(Cc1cccn1Cc1ccccc1)C(=O)c1ccco1. The smallest absolute Gasteiger partial charge is 0.289 e. The number of rotatable bonds is 8. The minimum Gasteiger partial charge on any atom is -0.459 e. The molecule has 0 aliphatic rings. The first-order chi connectivity index (χ1) is 12.3. The van der Waals surface area contributed by atoms with Gasteiger partial charge < -0.3 is 18.6 Å². The minimum absolute atomic E-state index is 0.130. The zero-order chi connectivity index (χ0) is 17.5. The average molecular weight is 338 g/mol. The first kappa shape index (κ1) is 17.0. The van der Waals surface area contributed by atoms with Gasteiger partial charge in [-0.15, -0.1) is 0 Å². The van der Waals surface area contributed by atoms with Crippen molar-refractivity contribution in [3.63, 3.8) is 0 Å². The highest BCUT2D eigenvalue weighted by atomic mass is 16.5. The van der Waals surface area contributed by atoms with Gasteiger partial charge in [-0.25, -0.2) is 0 Å². The molecular weight excluding hydrogens is 316 g/mol. The summed E-state index contributed by atoms with van der Waals surface area (Å²) in [5.74, 6) is 0.215. The summed E-state index contributed by atoms with van der Waals surface area (Å²) in [6.45, 7) is 2.26. The number of furan rings is 1. The zero-order valence-electron chi connectivity index (χ0n) is 14.3. The van der Waals surface area contributed by atoms with Crippen LogP contribution in [0.4, 0.5) is 0 Å². The standard InChI is InChI=1S/C20H22N2O3/c1-24-14-12-22(20(23)19-10-6-13-25-19)16-18-9-5-11-21(18)15-17-7-3-2-4-8-17/h2-11,13H,12,14-16H2,1H3. The Morgan fingerprint density at radius 1 is 1.12 bits per heavy atom. The Morgan fingerprint density at radius 2 is 1.96 bits per heavy atom. The van der Waals surface area contributed by atoms with Gasteiger partial charge in [-0.05, 0) is 29.8 Å². The molecule has 2 heterocycles. The summed E-state index contributed by atoms with van der Waals surface area (Å²) in [6.07, 6.45) is 3.55. The number of carbonyl (C=O) groups is 1. The lowest BCUT2D eigenvalue weighted by Gasteiger charge is -2.22. The molecule has 130 valence electrons. The largest absolute Gasteiger partial charge is 0.459 e. The monoisotopic (exact) mass is 338 g/mol. The topological polar surface area (TPSA) is 47.6 Å². The Balaban J connectivity index is 1.76. The number of amides is 1. The van der Waals surface area contributed by atoms with E-state index in [9.17, 15) is 4.79 Å². The van der Waals surface area contributed by atoms with E-state index in [0.29, 0.717) is 25.5 Å². The van der Waals surface area contributed by atoms with Crippen LogP contribution in [0.5, 0.6) is 0 Å². The second-order valence-electron chi connectivity index (χ2n) is 5.81. The van der Waals surface area contributed by atoms with Crippen LogP contribution in [0.1, 0.15) is 21.8 Å². The predicted molar refractivity (Wildman–Crippen MR) is 95.3 cm³/mol. The molecule has 0 bridgehead atoms. The van der Waals surface area contributed by atoms with E-state index < -0.39 is 0 Å². The third-order valence-corrected chi connectivity index (χ3v) is 4.06. The fourth-order valence-corrected chi connectivity index (χ4v) is 2.73. The molecule has 1 aromatic carbocycles. The summed E-state index contributed by atoms with van der Waals surface area (Å²) in [6, 6.07) is 17.7. The molecule has 0 spiro atoms. The van der Waals surface area contributed by atoms with E-state index in [1.165, 1.54) is 11.8 Å². The highest BCUT2D eigenvalue weighted by molar-refractivity contribution is 5.91. The van der Waals surface area contributed by atoms with Crippen molar-refractivity contribution < 1.29 is 13.9 Å². The molecular formula is C20H22N2O3. The summed E-state index contributed by atoms with van der Waals surface area (Å²) in [4.78, 5) is 14.4. The van der Waals surface area contributed by atoms with Gasteiger partial charge in [0.1, 0.15) is 0 Å². The van der Waals surface area contributed by atoms with Gasteiger partial charge in [-0.3, -0.25) is 4.79 Å². The first-order valence-electron chi connectivity index (χ1n) is 8.27. The molecule has 5 nitrogen and oxygen atoms in total. The number of hydrogen-bond donors (Lipinski definition) is 0. The second-order valence-corrected chi connectivity index (χ2v) is 5.81. The number of hydrogen-bond acceptors (Lipinski definition) is 3. The lowest BCUT2D eigenvalue weighted by molar-refractivity contribution is 0.0645. The van der Waals surface area contributed by atoms with Gasteiger partial charge in [0.25, 0.3) is 5.91 Å². The molecule has 0 fully saturated rings. The van der Waals surface area contributed by atoms with Crippen LogP contribution in [0.25, 0.3) is 0 Å². The fourth-order valence-electron chi connectivity index (χ4n) is 2.73. The number of benzene rings is 1. The molecule has 0 N–H and O–H groups in total. The molecule has 0 atom stereocenters.